The number of carbonyl (C=O) groups is 1. The van der Waals surface area contributed by atoms with Gasteiger partial charge in [0.25, 0.3) is 0 Å². The maximum absolute atomic E-state index is 10.7. The summed E-state index contributed by atoms with van der Waals surface area (Å²) in [6.07, 6.45) is 0.643. The number of hydrogen-bond donors (Lipinski definition) is 0. The average Bonchev–Trinajstić information content (AvgIpc) is 2.31. The lowest BCUT2D eigenvalue weighted by Gasteiger charge is -2.08. The van der Waals surface area contributed by atoms with Crippen LogP contribution in [0.4, 0.5) is 0 Å². The van der Waals surface area contributed by atoms with E-state index in [2.05, 4.69) is 4.98 Å². The Morgan fingerprint density at radius 3 is 2.18 bits per heavy atom. The predicted molar refractivity (Wildman–Crippen MR) is 70.1 cm³/mol. The monoisotopic (exact) mass is 285 g/mol. The van der Waals surface area contributed by atoms with Crippen LogP contribution < -0.4 is 0 Å². The fourth-order valence-electron chi connectivity index (χ4n) is 1.42. The van der Waals surface area contributed by atoms with Crippen molar-refractivity contribution in [2.24, 2.45) is 0 Å². The normalized spacial score (nSPS) is 10.3. The van der Waals surface area contributed by atoms with E-state index in [0.29, 0.717) is 32.6 Å². The average molecular weight is 287 g/mol. The van der Waals surface area contributed by atoms with E-state index in [0.717, 1.165) is 0 Å². The molecule has 0 fully saturated rings. The zero-order valence-corrected chi connectivity index (χ0v) is 10.7. The van der Waals surface area contributed by atoms with E-state index in [9.17, 15) is 4.79 Å². The van der Waals surface area contributed by atoms with E-state index in [4.69, 9.17) is 34.8 Å². The first-order chi connectivity index (χ1) is 8.13. The molecule has 0 amide bonds. The number of rotatable bonds is 2. The second kappa shape index (κ2) is 5.05. The molecule has 0 saturated heterocycles. The quantitative estimate of drug-likeness (QED) is 0.760. The first kappa shape index (κ1) is 12.4. The van der Waals surface area contributed by atoms with Crippen LogP contribution in [0, 0.1) is 0 Å². The summed E-state index contributed by atoms with van der Waals surface area (Å²) in [7, 11) is 0. The van der Waals surface area contributed by atoms with Gasteiger partial charge >= 0.3 is 0 Å². The van der Waals surface area contributed by atoms with Gasteiger partial charge in [-0.1, -0.05) is 40.9 Å². The minimum Gasteiger partial charge on any atom is -0.296 e. The summed E-state index contributed by atoms with van der Waals surface area (Å²) in [6.45, 7) is 0. The molecular weight excluding hydrogens is 280 g/mol. The summed E-state index contributed by atoms with van der Waals surface area (Å²) in [5, 5.41) is 1.27. The molecule has 0 N–H and O–H groups in total. The summed E-state index contributed by atoms with van der Waals surface area (Å²) >= 11 is 18.2. The number of aromatic nitrogens is 1. The summed E-state index contributed by atoms with van der Waals surface area (Å²) < 4.78 is 0. The zero-order chi connectivity index (χ0) is 12.4. The molecule has 0 bridgehead atoms. The van der Waals surface area contributed by atoms with Gasteiger partial charge in [-0.05, 0) is 24.3 Å². The maximum Gasteiger partial charge on any atom is 0.168 e. The Bertz CT molecular complexity index is 564. The highest BCUT2D eigenvalue weighted by atomic mass is 35.5. The van der Waals surface area contributed by atoms with Gasteiger partial charge in [0.1, 0.15) is 5.69 Å². The van der Waals surface area contributed by atoms with Crippen molar-refractivity contribution in [2.75, 3.05) is 0 Å². The van der Waals surface area contributed by atoms with Gasteiger partial charge in [-0.15, -0.1) is 0 Å². The third kappa shape index (κ3) is 2.44. The van der Waals surface area contributed by atoms with Crippen molar-refractivity contribution in [3.8, 4) is 11.3 Å². The van der Waals surface area contributed by atoms with Crippen LogP contribution in [-0.2, 0) is 0 Å². The van der Waals surface area contributed by atoms with Crippen LogP contribution in [0.2, 0.25) is 15.1 Å². The van der Waals surface area contributed by atoms with Crippen molar-refractivity contribution in [2.45, 2.75) is 0 Å². The molecule has 2 aromatic rings. The third-order valence-corrected chi connectivity index (χ3v) is 3.12. The molecule has 1 heterocycles. The number of hydrogen-bond acceptors (Lipinski definition) is 2. The van der Waals surface area contributed by atoms with E-state index >= 15 is 0 Å². The first-order valence-corrected chi connectivity index (χ1v) is 5.83. The summed E-state index contributed by atoms with van der Waals surface area (Å²) in [4.78, 5) is 14.8. The SMILES string of the molecule is O=Cc1ccc(Cl)c(-c2c(Cl)cccc2Cl)n1. The number of benzene rings is 1. The predicted octanol–water partition coefficient (Wildman–Crippen LogP) is 4.52. The number of nitrogens with zero attached hydrogens (tertiary/aromatic N) is 1. The van der Waals surface area contributed by atoms with Gasteiger partial charge in [0.2, 0.25) is 0 Å². The molecule has 2 rings (SSSR count). The van der Waals surface area contributed by atoms with Gasteiger partial charge in [0.15, 0.2) is 6.29 Å². The number of halogens is 3. The highest BCUT2D eigenvalue weighted by molar-refractivity contribution is 6.40. The Kier molecular flexibility index (Phi) is 3.67. The number of pyridine rings is 1. The smallest absolute Gasteiger partial charge is 0.168 e. The van der Waals surface area contributed by atoms with E-state index in [-0.39, 0.29) is 5.69 Å². The Balaban J connectivity index is 2.71. The fourth-order valence-corrected chi connectivity index (χ4v) is 2.20. The van der Waals surface area contributed by atoms with Gasteiger partial charge in [-0.3, -0.25) is 4.79 Å². The van der Waals surface area contributed by atoms with Crippen LogP contribution in [0.25, 0.3) is 11.3 Å². The second-order valence-electron chi connectivity index (χ2n) is 3.28. The van der Waals surface area contributed by atoms with Gasteiger partial charge < -0.3 is 0 Å². The van der Waals surface area contributed by atoms with E-state index in [1.54, 1.807) is 24.3 Å². The molecule has 0 unspecified atom stereocenters. The molecule has 0 aliphatic rings. The molecule has 2 nitrogen and oxygen atoms in total. The zero-order valence-electron chi connectivity index (χ0n) is 8.45. The highest BCUT2D eigenvalue weighted by Crippen LogP contribution is 2.36. The molecule has 0 radical (unpaired) electrons. The van der Waals surface area contributed by atoms with Crippen LogP contribution >= 0.6 is 34.8 Å². The molecule has 0 saturated carbocycles. The molecule has 1 aromatic heterocycles. The van der Waals surface area contributed by atoms with E-state index in [1.165, 1.54) is 6.07 Å². The van der Waals surface area contributed by atoms with Crippen LogP contribution in [-0.4, -0.2) is 11.3 Å². The fraction of sp³-hybridized carbons (Fsp3) is 0. The number of carbonyl (C=O) groups excluding carboxylic acids is 1. The van der Waals surface area contributed by atoms with Crippen molar-refractivity contribution in [1.82, 2.24) is 4.98 Å². The molecule has 17 heavy (non-hydrogen) atoms. The van der Waals surface area contributed by atoms with Crippen LogP contribution in [0.15, 0.2) is 30.3 Å². The molecule has 1 aromatic carbocycles. The summed E-state index contributed by atoms with van der Waals surface area (Å²) in [5.74, 6) is 0. The summed E-state index contributed by atoms with van der Waals surface area (Å²) in [6, 6.07) is 8.23. The highest BCUT2D eigenvalue weighted by Gasteiger charge is 2.13. The van der Waals surface area contributed by atoms with Gasteiger partial charge in [0, 0.05) is 5.56 Å². The maximum atomic E-state index is 10.7. The minimum atomic E-state index is 0.278. The Hall–Kier alpha value is -1.09. The molecule has 0 atom stereocenters. The Morgan fingerprint density at radius 2 is 1.59 bits per heavy atom. The molecule has 0 aliphatic heterocycles. The first-order valence-electron chi connectivity index (χ1n) is 4.69. The lowest BCUT2D eigenvalue weighted by atomic mass is 10.1. The standard InChI is InChI=1S/C12H6Cl3NO/c13-8-2-1-3-9(14)11(8)12-10(15)5-4-7(6-17)16-12/h1-6H. The summed E-state index contributed by atoms with van der Waals surface area (Å²) in [5.41, 5.74) is 1.22. The van der Waals surface area contributed by atoms with Gasteiger partial charge in [-0.25, -0.2) is 4.98 Å². The van der Waals surface area contributed by atoms with Crippen LogP contribution in [0.5, 0.6) is 0 Å². The largest absolute Gasteiger partial charge is 0.296 e. The van der Waals surface area contributed by atoms with Crippen molar-refractivity contribution < 1.29 is 4.79 Å². The molecule has 5 heteroatoms. The van der Waals surface area contributed by atoms with Crippen molar-refractivity contribution in [3.05, 3.63) is 51.1 Å². The molecule has 86 valence electrons. The molecule has 0 aliphatic carbocycles. The Labute approximate surface area is 113 Å². The minimum absolute atomic E-state index is 0.278. The van der Waals surface area contributed by atoms with Crippen molar-refractivity contribution in [1.29, 1.82) is 0 Å². The van der Waals surface area contributed by atoms with Crippen LogP contribution in [0.1, 0.15) is 10.5 Å². The van der Waals surface area contributed by atoms with Crippen molar-refractivity contribution >= 4 is 41.1 Å². The lowest BCUT2D eigenvalue weighted by molar-refractivity contribution is 0.111. The second-order valence-corrected chi connectivity index (χ2v) is 4.50. The topological polar surface area (TPSA) is 30.0 Å². The number of aldehydes is 1. The lowest BCUT2D eigenvalue weighted by Crippen LogP contribution is -1.92. The van der Waals surface area contributed by atoms with Crippen molar-refractivity contribution in [3.63, 3.8) is 0 Å². The van der Waals surface area contributed by atoms with Gasteiger partial charge in [0.05, 0.1) is 20.8 Å². The Morgan fingerprint density at radius 1 is 0.941 bits per heavy atom. The molecule has 0 spiro atoms. The third-order valence-electron chi connectivity index (χ3n) is 2.19. The molecular formula is C12H6Cl3NO. The van der Waals surface area contributed by atoms with Gasteiger partial charge in [-0.2, -0.15) is 0 Å². The van der Waals surface area contributed by atoms with E-state index < -0.39 is 0 Å². The van der Waals surface area contributed by atoms with E-state index in [1.807, 2.05) is 0 Å². The van der Waals surface area contributed by atoms with Crippen LogP contribution in [0.3, 0.4) is 0 Å².